The lowest BCUT2D eigenvalue weighted by atomic mass is 9.89. The van der Waals surface area contributed by atoms with E-state index in [9.17, 15) is 0 Å². The van der Waals surface area contributed by atoms with Crippen molar-refractivity contribution in [2.24, 2.45) is 5.41 Å². The van der Waals surface area contributed by atoms with E-state index in [0.29, 0.717) is 0 Å². The standard InChI is InChI=1S/C18H20N4OS/c1-18(12-23-13-18)11-22-10-17(20-21-22)14-4-2-5-15(8-14)19-9-16-6-3-7-24-16/h2-8,10,19H,9,11-13H2,1H3. The Hall–Kier alpha value is -2.18. The van der Waals surface area contributed by atoms with Gasteiger partial charge in [-0.1, -0.05) is 30.3 Å². The lowest BCUT2D eigenvalue weighted by Crippen LogP contribution is -2.43. The molecule has 1 fully saturated rings. The minimum atomic E-state index is 0.190. The first-order chi connectivity index (χ1) is 11.7. The highest BCUT2D eigenvalue weighted by Crippen LogP contribution is 2.29. The zero-order chi connectivity index (χ0) is 16.4. The van der Waals surface area contributed by atoms with E-state index in [1.165, 1.54) is 4.88 Å². The van der Waals surface area contributed by atoms with Crippen LogP contribution in [0.25, 0.3) is 11.3 Å². The Bertz CT molecular complexity index is 808. The molecule has 1 aromatic carbocycles. The quantitative estimate of drug-likeness (QED) is 0.744. The van der Waals surface area contributed by atoms with Crippen molar-refractivity contribution >= 4 is 17.0 Å². The molecule has 0 aliphatic carbocycles. The van der Waals surface area contributed by atoms with Crippen molar-refractivity contribution in [3.8, 4) is 11.3 Å². The van der Waals surface area contributed by atoms with Crippen LogP contribution in [0.2, 0.25) is 0 Å². The smallest absolute Gasteiger partial charge is 0.113 e. The van der Waals surface area contributed by atoms with E-state index in [1.807, 2.05) is 16.9 Å². The van der Waals surface area contributed by atoms with Gasteiger partial charge in [0.2, 0.25) is 0 Å². The zero-order valence-corrected chi connectivity index (χ0v) is 14.4. The van der Waals surface area contributed by atoms with Gasteiger partial charge in [0.15, 0.2) is 0 Å². The van der Waals surface area contributed by atoms with Crippen LogP contribution in [-0.2, 0) is 17.8 Å². The summed E-state index contributed by atoms with van der Waals surface area (Å²) in [7, 11) is 0. The number of ether oxygens (including phenoxy) is 1. The maximum Gasteiger partial charge on any atom is 0.113 e. The molecule has 1 N–H and O–H groups in total. The molecule has 3 heterocycles. The van der Waals surface area contributed by atoms with Crippen LogP contribution in [0.4, 0.5) is 5.69 Å². The summed E-state index contributed by atoms with van der Waals surface area (Å²) in [5.74, 6) is 0. The summed E-state index contributed by atoms with van der Waals surface area (Å²) in [6, 6.07) is 12.5. The molecule has 6 heteroatoms. The average Bonchev–Trinajstić information content (AvgIpc) is 3.23. The van der Waals surface area contributed by atoms with E-state index in [-0.39, 0.29) is 5.41 Å². The number of hydrogen-bond donors (Lipinski definition) is 1. The summed E-state index contributed by atoms with van der Waals surface area (Å²) in [5, 5.41) is 14.2. The van der Waals surface area contributed by atoms with Gasteiger partial charge in [0.25, 0.3) is 0 Å². The van der Waals surface area contributed by atoms with E-state index in [4.69, 9.17) is 4.74 Å². The largest absolute Gasteiger partial charge is 0.380 e. The molecule has 0 unspecified atom stereocenters. The minimum absolute atomic E-state index is 0.190. The lowest BCUT2D eigenvalue weighted by Gasteiger charge is -2.37. The Morgan fingerprint density at radius 2 is 2.21 bits per heavy atom. The first-order valence-electron chi connectivity index (χ1n) is 8.05. The summed E-state index contributed by atoms with van der Waals surface area (Å²) in [6.45, 7) is 5.49. The number of benzene rings is 1. The molecule has 1 aliphatic rings. The van der Waals surface area contributed by atoms with Crippen LogP contribution in [0.1, 0.15) is 11.8 Å². The SMILES string of the molecule is CC1(Cn2cc(-c3cccc(NCc4cccs4)c3)nn2)COC1. The highest BCUT2D eigenvalue weighted by molar-refractivity contribution is 7.09. The molecule has 24 heavy (non-hydrogen) atoms. The van der Waals surface area contributed by atoms with Crippen molar-refractivity contribution in [2.75, 3.05) is 18.5 Å². The zero-order valence-electron chi connectivity index (χ0n) is 13.6. The Balaban J connectivity index is 1.45. The second-order valence-corrected chi connectivity index (χ2v) is 7.65. The van der Waals surface area contributed by atoms with Gasteiger partial charge >= 0.3 is 0 Å². The van der Waals surface area contributed by atoms with E-state index < -0.39 is 0 Å². The van der Waals surface area contributed by atoms with Gasteiger partial charge < -0.3 is 10.1 Å². The number of nitrogens with one attached hydrogen (secondary N) is 1. The molecular weight excluding hydrogens is 320 g/mol. The summed E-state index contributed by atoms with van der Waals surface area (Å²) in [4.78, 5) is 1.32. The second-order valence-electron chi connectivity index (χ2n) is 6.62. The van der Waals surface area contributed by atoms with E-state index in [0.717, 1.165) is 43.2 Å². The van der Waals surface area contributed by atoms with Gasteiger partial charge in [-0.2, -0.15) is 0 Å². The van der Waals surface area contributed by atoms with Crippen LogP contribution in [0.3, 0.4) is 0 Å². The second kappa shape index (κ2) is 6.37. The molecule has 0 saturated carbocycles. The van der Waals surface area contributed by atoms with Gasteiger partial charge in [0.05, 0.1) is 26.0 Å². The summed E-state index contributed by atoms with van der Waals surface area (Å²) in [5.41, 5.74) is 3.26. The third kappa shape index (κ3) is 3.34. The number of rotatable bonds is 6. The maximum absolute atomic E-state index is 5.31. The summed E-state index contributed by atoms with van der Waals surface area (Å²) >= 11 is 1.76. The average molecular weight is 340 g/mol. The monoisotopic (exact) mass is 340 g/mol. The van der Waals surface area contributed by atoms with Crippen molar-refractivity contribution in [2.45, 2.75) is 20.0 Å². The minimum Gasteiger partial charge on any atom is -0.380 e. The van der Waals surface area contributed by atoms with Crippen molar-refractivity contribution in [1.29, 1.82) is 0 Å². The molecule has 4 rings (SSSR count). The molecule has 3 aromatic rings. The number of nitrogens with zero attached hydrogens (tertiary/aromatic N) is 3. The van der Waals surface area contributed by atoms with Gasteiger partial charge in [-0.05, 0) is 23.6 Å². The third-order valence-electron chi connectivity index (χ3n) is 4.19. The molecule has 1 saturated heterocycles. The normalized spacial score (nSPS) is 15.9. The maximum atomic E-state index is 5.31. The predicted octanol–water partition coefficient (Wildman–Crippen LogP) is 3.66. The van der Waals surface area contributed by atoms with Gasteiger partial charge in [-0.3, -0.25) is 4.68 Å². The Kier molecular flexibility index (Phi) is 4.08. The number of thiophene rings is 1. The fraction of sp³-hybridized carbons (Fsp3) is 0.333. The third-order valence-corrected chi connectivity index (χ3v) is 5.06. The first-order valence-corrected chi connectivity index (χ1v) is 8.93. The van der Waals surface area contributed by atoms with Crippen molar-refractivity contribution < 1.29 is 4.74 Å². The van der Waals surface area contributed by atoms with Crippen LogP contribution >= 0.6 is 11.3 Å². The molecule has 0 bridgehead atoms. The molecule has 2 aromatic heterocycles. The van der Waals surface area contributed by atoms with E-state index >= 15 is 0 Å². The Labute approximate surface area is 145 Å². The topological polar surface area (TPSA) is 52.0 Å². The van der Waals surface area contributed by atoms with Gasteiger partial charge in [-0.15, -0.1) is 16.4 Å². The highest BCUT2D eigenvalue weighted by Gasteiger charge is 2.34. The molecular formula is C18H20N4OS. The molecule has 0 radical (unpaired) electrons. The Morgan fingerprint density at radius 1 is 1.29 bits per heavy atom. The van der Waals surface area contributed by atoms with Crippen molar-refractivity contribution in [3.63, 3.8) is 0 Å². The van der Waals surface area contributed by atoms with Crippen LogP contribution in [-0.4, -0.2) is 28.2 Å². The fourth-order valence-corrected chi connectivity index (χ4v) is 3.48. The molecule has 0 amide bonds. The molecule has 0 spiro atoms. The molecule has 0 atom stereocenters. The Morgan fingerprint density at radius 3 is 2.96 bits per heavy atom. The number of aromatic nitrogens is 3. The van der Waals surface area contributed by atoms with Gasteiger partial charge in [0.1, 0.15) is 5.69 Å². The van der Waals surface area contributed by atoms with E-state index in [2.05, 4.69) is 58.3 Å². The number of anilines is 1. The summed E-state index contributed by atoms with van der Waals surface area (Å²) < 4.78 is 7.23. The van der Waals surface area contributed by atoms with E-state index in [1.54, 1.807) is 11.3 Å². The predicted molar refractivity (Wildman–Crippen MR) is 96.0 cm³/mol. The number of hydrogen-bond acceptors (Lipinski definition) is 5. The van der Waals surface area contributed by atoms with Crippen LogP contribution < -0.4 is 5.32 Å². The first kappa shape index (κ1) is 15.4. The fourth-order valence-electron chi connectivity index (χ4n) is 2.83. The van der Waals surface area contributed by atoms with Gasteiger partial charge in [0, 0.05) is 28.1 Å². The lowest BCUT2D eigenvalue weighted by molar-refractivity contribution is -0.111. The van der Waals surface area contributed by atoms with Crippen LogP contribution in [0.5, 0.6) is 0 Å². The van der Waals surface area contributed by atoms with Gasteiger partial charge in [-0.25, -0.2) is 0 Å². The van der Waals surface area contributed by atoms with Crippen LogP contribution in [0, 0.1) is 5.41 Å². The molecule has 124 valence electrons. The van der Waals surface area contributed by atoms with Crippen molar-refractivity contribution in [3.05, 3.63) is 52.9 Å². The molecule has 1 aliphatic heterocycles. The highest BCUT2D eigenvalue weighted by atomic mass is 32.1. The molecule has 5 nitrogen and oxygen atoms in total. The van der Waals surface area contributed by atoms with Crippen molar-refractivity contribution in [1.82, 2.24) is 15.0 Å². The van der Waals surface area contributed by atoms with Crippen LogP contribution in [0.15, 0.2) is 48.0 Å². The summed E-state index contributed by atoms with van der Waals surface area (Å²) in [6.07, 6.45) is 2.02.